The monoisotopic (exact) mass is 948 g/mol. The van der Waals surface area contributed by atoms with Gasteiger partial charge in [-0.3, -0.25) is 0 Å². The Kier molecular flexibility index (Phi) is 10.9. The molecule has 2 heteroatoms. The Labute approximate surface area is 435 Å². The van der Waals surface area contributed by atoms with E-state index in [2.05, 4.69) is 304 Å². The number of nitrogens with zero attached hydrogens (tertiary/aromatic N) is 2. The summed E-state index contributed by atoms with van der Waals surface area (Å²) in [6.07, 6.45) is 8.97. The first-order chi connectivity index (χ1) is 36.2. The maximum absolute atomic E-state index is 2.41. The second kappa shape index (κ2) is 17.9. The fourth-order valence-corrected chi connectivity index (χ4v) is 11.8. The summed E-state index contributed by atoms with van der Waals surface area (Å²) < 4.78 is 0. The van der Waals surface area contributed by atoms with Crippen LogP contribution in [0, 0.1) is 0 Å². The van der Waals surface area contributed by atoms with Gasteiger partial charge in [0.2, 0.25) is 0 Å². The number of benzene rings is 11. The molecule has 11 aromatic carbocycles. The Morgan fingerprint density at radius 3 is 0.946 bits per heavy atom. The molecule has 74 heavy (non-hydrogen) atoms. The lowest BCUT2D eigenvalue weighted by Crippen LogP contribution is -2.16. The number of anilines is 6. The van der Waals surface area contributed by atoms with E-state index in [1.807, 2.05) is 0 Å². The summed E-state index contributed by atoms with van der Waals surface area (Å²) >= 11 is 0. The van der Waals surface area contributed by atoms with Gasteiger partial charge in [-0.15, -0.1) is 0 Å². The van der Waals surface area contributed by atoms with E-state index in [1.54, 1.807) is 0 Å². The SMILES string of the molecule is CC1(C)c2cc(/C=C/c3ccc(/C=C/c4ccc5c(c4)C(C)(C)c4cc(N(c6ccccc6)c6ccc7ccccc7c6)ccc4-5)cc3)ccc2-c2ccc(N(c3ccccc3)c3ccc4ccccc4c3)cc21. The van der Waals surface area contributed by atoms with Crippen molar-refractivity contribution in [2.75, 3.05) is 9.80 Å². The van der Waals surface area contributed by atoms with Crippen molar-refractivity contribution in [1.82, 2.24) is 0 Å². The third kappa shape index (κ3) is 7.91. The molecule has 13 rings (SSSR count). The van der Waals surface area contributed by atoms with Gasteiger partial charge in [0, 0.05) is 45.0 Å². The highest BCUT2D eigenvalue weighted by Gasteiger charge is 2.37. The van der Waals surface area contributed by atoms with Gasteiger partial charge in [-0.05, 0) is 161 Å². The van der Waals surface area contributed by atoms with Gasteiger partial charge in [-0.25, -0.2) is 0 Å². The molecule has 0 fully saturated rings. The number of rotatable bonds is 10. The fraction of sp³-hybridized carbons (Fsp3) is 0.0833. The van der Waals surface area contributed by atoms with E-state index in [4.69, 9.17) is 0 Å². The van der Waals surface area contributed by atoms with Crippen LogP contribution in [-0.4, -0.2) is 0 Å². The zero-order chi connectivity index (χ0) is 50.0. The molecule has 0 heterocycles. The van der Waals surface area contributed by atoms with Crippen LogP contribution < -0.4 is 9.80 Å². The van der Waals surface area contributed by atoms with Crippen molar-refractivity contribution < 1.29 is 0 Å². The van der Waals surface area contributed by atoms with Crippen LogP contribution in [0.25, 0.3) is 68.1 Å². The first kappa shape index (κ1) is 44.9. The Bertz CT molecular complexity index is 3740. The van der Waals surface area contributed by atoms with Crippen LogP contribution in [0.2, 0.25) is 0 Å². The summed E-state index contributed by atoms with van der Waals surface area (Å²) in [5.41, 5.74) is 22.0. The van der Waals surface area contributed by atoms with Crippen molar-refractivity contribution in [3.63, 3.8) is 0 Å². The summed E-state index contributed by atoms with van der Waals surface area (Å²) in [5, 5.41) is 4.95. The van der Waals surface area contributed by atoms with Crippen LogP contribution in [0.3, 0.4) is 0 Å². The zero-order valence-corrected chi connectivity index (χ0v) is 42.3. The second-order valence-corrected chi connectivity index (χ2v) is 21.1. The van der Waals surface area contributed by atoms with E-state index in [1.165, 1.54) is 88.3 Å². The van der Waals surface area contributed by atoms with Gasteiger partial charge in [0.25, 0.3) is 0 Å². The highest BCUT2D eigenvalue weighted by molar-refractivity contribution is 5.93. The molecule has 2 aliphatic rings. The molecule has 0 radical (unpaired) electrons. The highest BCUT2D eigenvalue weighted by atomic mass is 15.1. The maximum Gasteiger partial charge on any atom is 0.0468 e. The van der Waals surface area contributed by atoms with E-state index < -0.39 is 0 Å². The average molecular weight is 949 g/mol. The van der Waals surface area contributed by atoms with Crippen molar-refractivity contribution in [2.24, 2.45) is 0 Å². The van der Waals surface area contributed by atoms with Crippen molar-refractivity contribution >= 4 is 80.0 Å². The number of hydrogen-bond donors (Lipinski definition) is 0. The molecule has 0 saturated carbocycles. The molecule has 11 aromatic rings. The number of para-hydroxylation sites is 2. The Morgan fingerprint density at radius 1 is 0.243 bits per heavy atom. The molecule has 0 unspecified atom stereocenters. The predicted molar refractivity (Wildman–Crippen MR) is 317 cm³/mol. The molecule has 2 nitrogen and oxygen atoms in total. The lowest BCUT2D eigenvalue weighted by molar-refractivity contribution is 0.660. The Hall–Kier alpha value is -8.98. The lowest BCUT2D eigenvalue weighted by atomic mass is 9.81. The van der Waals surface area contributed by atoms with Crippen LogP contribution in [0.15, 0.2) is 243 Å². The van der Waals surface area contributed by atoms with Crippen LogP contribution >= 0.6 is 0 Å². The topological polar surface area (TPSA) is 6.48 Å². The highest BCUT2D eigenvalue weighted by Crippen LogP contribution is 2.53. The van der Waals surface area contributed by atoms with Crippen molar-refractivity contribution in [3.8, 4) is 22.3 Å². The standard InChI is InChI=1S/C72H56N2/c1-71(2)67-43-51(31-39-63(67)65-41-37-61(47-69(65)71)73(57-19-7-5-8-20-57)59-35-33-53-15-11-13-17-55(53)45-59)29-27-49-23-25-50(26-24-49)28-30-52-32-40-64-66-42-38-62(48-70(66)72(3,4)68(64)44-52)74(58-21-9-6-10-22-58)60-36-34-54-16-12-14-18-56(54)46-60/h5-48H,1-4H3/b29-27+,30-28+. The normalized spacial score (nSPS) is 13.8. The number of fused-ring (bicyclic) bond motifs is 8. The van der Waals surface area contributed by atoms with E-state index in [0.717, 1.165) is 34.1 Å². The number of hydrogen-bond acceptors (Lipinski definition) is 2. The van der Waals surface area contributed by atoms with E-state index in [0.29, 0.717) is 0 Å². The first-order valence-electron chi connectivity index (χ1n) is 25.9. The molecule has 0 atom stereocenters. The van der Waals surface area contributed by atoms with Crippen molar-refractivity contribution in [2.45, 2.75) is 38.5 Å². The summed E-state index contributed by atoms with van der Waals surface area (Å²) in [6, 6.07) is 89.0. The van der Waals surface area contributed by atoms with Gasteiger partial charge in [0.05, 0.1) is 0 Å². The molecule has 0 N–H and O–H groups in total. The molecule has 0 spiro atoms. The van der Waals surface area contributed by atoms with Crippen LogP contribution in [-0.2, 0) is 10.8 Å². The smallest absolute Gasteiger partial charge is 0.0468 e. The summed E-state index contributed by atoms with van der Waals surface area (Å²) in [7, 11) is 0. The van der Waals surface area contributed by atoms with E-state index in [-0.39, 0.29) is 10.8 Å². The quantitative estimate of drug-likeness (QED) is 0.126. The summed E-state index contributed by atoms with van der Waals surface area (Å²) in [5.74, 6) is 0. The summed E-state index contributed by atoms with van der Waals surface area (Å²) in [6.45, 7) is 9.48. The van der Waals surface area contributed by atoms with Crippen molar-refractivity contribution in [3.05, 3.63) is 287 Å². The minimum atomic E-state index is -0.171. The molecule has 0 amide bonds. The van der Waals surface area contributed by atoms with Crippen LogP contribution in [0.4, 0.5) is 34.1 Å². The fourth-order valence-electron chi connectivity index (χ4n) is 11.8. The van der Waals surface area contributed by atoms with E-state index >= 15 is 0 Å². The lowest BCUT2D eigenvalue weighted by Gasteiger charge is -2.28. The van der Waals surface area contributed by atoms with Gasteiger partial charge in [-0.1, -0.05) is 222 Å². The third-order valence-corrected chi connectivity index (χ3v) is 15.8. The molecule has 0 aliphatic heterocycles. The molecule has 0 saturated heterocycles. The maximum atomic E-state index is 2.41. The van der Waals surface area contributed by atoms with Crippen LogP contribution in [0.1, 0.15) is 72.2 Å². The largest absolute Gasteiger partial charge is 0.310 e. The zero-order valence-electron chi connectivity index (χ0n) is 42.3. The van der Waals surface area contributed by atoms with Gasteiger partial charge < -0.3 is 9.80 Å². The van der Waals surface area contributed by atoms with Gasteiger partial charge >= 0.3 is 0 Å². The predicted octanol–water partition coefficient (Wildman–Crippen LogP) is 19.9. The molecule has 0 aromatic heterocycles. The molecular weight excluding hydrogens is 893 g/mol. The van der Waals surface area contributed by atoms with Gasteiger partial charge in [0.1, 0.15) is 0 Å². The first-order valence-corrected chi connectivity index (χ1v) is 25.9. The molecule has 0 bridgehead atoms. The Balaban J connectivity index is 0.719. The summed E-state index contributed by atoms with van der Waals surface area (Å²) in [4.78, 5) is 4.77. The minimum Gasteiger partial charge on any atom is -0.310 e. The van der Waals surface area contributed by atoms with Gasteiger partial charge in [0.15, 0.2) is 0 Å². The molecule has 2 aliphatic carbocycles. The van der Waals surface area contributed by atoms with Crippen LogP contribution in [0.5, 0.6) is 0 Å². The van der Waals surface area contributed by atoms with E-state index in [9.17, 15) is 0 Å². The Morgan fingerprint density at radius 2 is 0.541 bits per heavy atom. The minimum absolute atomic E-state index is 0.171. The molecule has 354 valence electrons. The average Bonchev–Trinajstić information content (AvgIpc) is 3.80. The third-order valence-electron chi connectivity index (χ3n) is 15.8. The second-order valence-electron chi connectivity index (χ2n) is 21.1. The van der Waals surface area contributed by atoms with Gasteiger partial charge in [-0.2, -0.15) is 0 Å². The van der Waals surface area contributed by atoms with Crippen molar-refractivity contribution in [1.29, 1.82) is 0 Å². The molecular formula is C72H56N2.